The van der Waals surface area contributed by atoms with Crippen molar-refractivity contribution in [3.63, 3.8) is 0 Å². The van der Waals surface area contributed by atoms with Crippen LogP contribution in [0.2, 0.25) is 33.2 Å². The van der Waals surface area contributed by atoms with Crippen LogP contribution in [0.3, 0.4) is 0 Å². The minimum atomic E-state index is -1.80. The molecule has 7 rings (SSSR count). The molecule has 0 saturated heterocycles. The molecule has 7 aromatic rings. The molecule has 0 spiro atoms. The van der Waals surface area contributed by atoms with E-state index < -0.39 is 22.1 Å². The molecule has 7 heteroatoms. The summed E-state index contributed by atoms with van der Waals surface area (Å²) in [6.07, 6.45) is 0. The van der Waals surface area contributed by atoms with Crippen molar-refractivity contribution in [3.8, 4) is 110 Å². The third-order valence-electron chi connectivity index (χ3n) is 15.6. The maximum Gasteiger partial charge on any atom is 0.335 e. The highest BCUT2D eigenvalue weighted by Crippen LogP contribution is 2.43. The molecule has 0 aliphatic heterocycles. The summed E-state index contributed by atoms with van der Waals surface area (Å²) < 4.78 is 11.8. The van der Waals surface area contributed by atoms with Gasteiger partial charge in [-0.1, -0.05) is 167 Å². The van der Waals surface area contributed by atoms with Gasteiger partial charge in [0.05, 0.1) is 5.56 Å². The predicted octanol–water partition coefficient (Wildman–Crippen LogP) is 17.2. The van der Waals surface area contributed by atoms with Gasteiger partial charge in [0.15, 0.2) is 0 Å². The van der Waals surface area contributed by atoms with Crippen LogP contribution in [0.25, 0.3) is 22.3 Å². The third-order valence-corrected chi connectivity index (χ3v) is 28.2. The fourth-order valence-electron chi connectivity index (χ4n) is 11.2. The Morgan fingerprint density at radius 3 is 0.890 bits per heavy atom. The van der Waals surface area contributed by atoms with Gasteiger partial charge in [0, 0.05) is 55.6 Å². The number of rotatable bonds is 13. The number of carboxylic acids is 1. The lowest BCUT2D eigenvalue weighted by Gasteiger charge is -2.38. The van der Waals surface area contributed by atoms with Gasteiger partial charge in [-0.25, -0.2) is 4.79 Å². The normalized spacial score (nSPS) is 11.0. The van der Waals surface area contributed by atoms with Crippen LogP contribution in [0.5, 0.6) is 17.2 Å². The first-order chi connectivity index (χ1) is 39.3. The second-order valence-electron chi connectivity index (χ2n) is 22.6. The Morgan fingerprint density at radius 1 is 0.378 bits per heavy atom. The largest absolute Gasteiger partial charge is 0.507 e. The molecule has 0 radical (unpaired) electrons. The number of phenols is 1. The highest BCUT2D eigenvalue weighted by molar-refractivity contribution is 6.91. The Hall–Kier alpha value is -8.80. The van der Waals surface area contributed by atoms with Crippen molar-refractivity contribution >= 4 is 22.1 Å². The van der Waals surface area contributed by atoms with Gasteiger partial charge < -0.3 is 19.7 Å². The van der Waals surface area contributed by atoms with Crippen LogP contribution in [0.4, 0.5) is 0 Å². The van der Waals surface area contributed by atoms with Crippen LogP contribution in [0.1, 0.15) is 138 Å². The molecule has 5 nitrogen and oxygen atoms in total. The first-order valence-corrected chi connectivity index (χ1v) is 32.8. The van der Waals surface area contributed by atoms with Gasteiger partial charge >= 0.3 is 5.97 Å². The highest BCUT2D eigenvalue weighted by atomic mass is 28.3. The number of aromatic carboxylic acids is 1. The summed E-state index contributed by atoms with van der Waals surface area (Å²) >= 11 is 0. The minimum Gasteiger partial charge on any atom is -0.507 e. The third kappa shape index (κ3) is 15.3. The van der Waals surface area contributed by atoms with Crippen LogP contribution < -0.4 is 9.47 Å². The molecule has 0 aliphatic carbocycles. The Kier molecular flexibility index (Phi) is 20.8. The van der Waals surface area contributed by atoms with Crippen molar-refractivity contribution in [2.45, 2.75) is 116 Å². The lowest BCUT2D eigenvalue weighted by atomic mass is 9.93. The Morgan fingerprint density at radius 2 is 0.622 bits per heavy atom. The number of aromatic hydroxyl groups is 1. The number of hydrogen-bond acceptors (Lipinski definition) is 4. The van der Waals surface area contributed by atoms with Crippen LogP contribution in [0.15, 0.2) is 158 Å². The SMILES string of the molecule is CC(C)[Si](C#Cc1ccc(C#CCOc2ccc(C#Cc3ccc(-c4cc(C(=O)O)cc(-c5ccc(C#Cc6ccc(OCC#Cc7ccc(C#C[Si](C(C)C)(C(C)C)C(C)C)cc7)cc6)cc5)c4O)cc3)cc2)cc1)(C(C)C)C(C)C. The monoisotopic (exact) mass is 1110 g/mol. The molecule has 7 aromatic carbocycles. The lowest BCUT2D eigenvalue weighted by molar-refractivity contribution is 0.0697. The van der Waals surface area contributed by atoms with Crippen LogP contribution in [-0.4, -0.2) is 45.5 Å². The summed E-state index contributed by atoms with van der Waals surface area (Å²) in [4.78, 5) is 12.3. The molecular weight excluding hydrogens is 1040 g/mol. The van der Waals surface area contributed by atoms with Crippen molar-refractivity contribution < 1.29 is 24.5 Å². The average molecular weight is 1110 g/mol. The van der Waals surface area contributed by atoms with Crippen molar-refractivity contribution in [2.24, 2.45) is 0 Å². The van der Waals surface area contributed by atoms with E-state index >= 15 is 0 Å². The van der Waals surface area contributed by atoms with Crippen molar-refractivity contribution in [3.05, 3.63) is 208 Å². The molecule has 0 aliphatic rings. The first kappa shape index (κ1) is 60.8. The number of carbonyl (C=O) groups is 1. The number of hydrogen-bond donors (Lipinski definition) is 2. The zero-order valence-electron chi connectivity index (χ0n) is 49.5. The summed E-state index contributed by atoms with van der Waals surface area (Å²) in [5.74, 6) is 32.7. The summed E-state index contributed by atoms with van der Waals surface area (Å²) in [7, 11) is -3.59. The molecule has 412 valence electrons. The summed E-state index contributed by atoms with van der Waals surface area (Å²) in [6.45, 7) is 28.4. The fraction of sp³-hybridized carbons (Fsp3) is 0.267. The quantitative estimate of drug-likeness (QED) is 0.0889. The molecule has 2 N–H and O–H groups in total. The van der Waals surface area contributed by atoms with E-state index in [-0.39, 0.29) is 24.5 Å². The minimum absolute atomic E-state index is 0.0285. The van der Waals surface area contributed by atoms with Gasteiger partial charge in [0.2, 0.25) is 0 Å². The van der Waals surface area contributed by atoms with E-state index in [1.54, 1.807) is 0 Å². The van der Waals surface area contributed by atoms with Crippen LogP contribution in [0, 0.1) is 70.3 Å². The van der Waals surface area contributed by atoms with Gasteiger partial charge in [-0.15, -0.1) is 11.1 Å². The number of carboxylic acid groups (broad SMARTS) is 1. The summed E-state index contributed by atoms with van der Waals surface area (Å²) in [5, 5.41) is 21.7. The lowest BCUT2D eigenvalue weighted by Crippen LogP contribution is -2.43. The molecule has 0 bridgehead atoms. The zero-order chi connectivity index (χ0) is 59.0. The molecule has 0 aromatic heterocycles. The maximum atomic E-state index is 12.3. The Balaban J connectivity index is 0.916. The molecule has 0 heterocycles. The van der Waals surface area contributed by atoms with E-state index in [2.05, 4.69) is 178 Å². The van der Waals surface area contributed by atoms with Gasteiger partial charge in [-0.05, 0) is 178 Å². The van der Waals surface area contributed by atoms with Gasteiger partial charge in [0.25, 0.3) is 0 Å². The van der Waals surface area contributed by atoms with Gasteiger partial charge in [-0.2, -0.15) is 0 Å². The molecule has 0 atom stereocenters. The summed E-state index contributed by atoms with van der Waals surface area (Å²) in [5.41, 5.74) is 20.3. The molecule has 0 saturated carbocycles. The second-order valence-corrected chi connectivity index (χ2v) is 33.7. The number of phenolic OH excluding ortho intramolecular Hbond substituents is 1. The van der Waals surface area contributed by atoms with E-state index in [0.29, 0.717) is 67.0 Å². The molecule has 82 heavy (non-hydrogen) atoms. The molecule has 0 amide bonds. The standard InChI is InChI=1S/C75H74O5Si2/c1-53(2)81(54(3)4,55(5)6)49-45-65-25-17-59(18-26-65)15-13-47-79-70-41-33-63(34-42-70)23-21-61-29-37-67(38-30-61)72-51-69(75(77)78)52-73(74(72)76)68-39-31-62(32-40-68)22-24-64-35-43-71(44-36-64)80-48-14-16-60-19-27-66(28-20-60)46-50-82(56(7)8,57(9)10)58(11)12/h17-20,25-44,51-58,76H,47-48H2,1-12H3,(H,77,78). The molecular formula is C75H74O5Si2. The first-order valence-electron chi connectivity index (χ1n) is 28.3. The fourth-order valence-corrected chi connectivity index (χ4v) is 21.7. The predicted molar refractivity (Wildman–Crippen MR) is 344 cm³/mol. The maximum absolute atomic E-state index is 12.3. The van der Waals surface area contributed by atoms with Crippen molar-refractivity contribution in [1.29, 1.82) is 0 Å². The molecule has 0 unspecified atom stereocenters. The smallest absolute Gasteiger partial charge is 0.335 e. The van der Waals surface area contributed by atoms with E-state index in [1.807, 2.05) is 121 Å². The van der Waals surface area contributed by atoms with Gasteiger partial charge in [0.1, 0.15) is 46.6 Å². The zero-order valence-corrected chi connectivity index (χ0v) is 51.5. The van der Waals surface area contributed by atoms with E-state index in [9.17, 15) is 15.0 Å². The summed E-state index contributed by atoms with van der Waals surface area (Å²) in [6, 6.07) is 49.1. The number of benzene rings is 7. The topological polar surface area (TPSA) is 76.0 Å². The molecule has 0 fully saturated rings. The van der Waals surface area contributed by atoms with Crippen molar-refractivity contribution in [1.82, 2.24) is 0 Å². The average Bonchev–Trinajstić information content (AvgIpc) is 3.55. The van der Waals surface area contributed by atoms with Crippen LogP contribution >= 0.6 is 0 Å². The van der Waals surface area contributed by atoms with Gasteiger partial charge in [-0.3, -0.25) is 0 Å². The number of ether oxygens (including phenoxy) is 2. The van der Waals surface area contributed by atoms with Crippen LogP contribution in [-0.2, 0) is 0 Å². The Bertz CT molecular complexity index is 3460. The highest BCUT2D eigenvalue weighted by Gasteiger charge is 2.42. The Labute approximate surface area is 491 Å². The second kappa shape index (κ2) is 28.1. The van der Waals surface area contributed by atoms with E-state index in [0.717, 1.165) is 44.5 Å². The van der Waals surface area contributed by atoms with Crippen molar-refractivity contribution in [2.75, 3.05) is 13.2 Å². The van der Waals surface area contributed by atoms with E-state index in [4.69, 9.17) is 9.47 Å². The van der Waals surface area contributed by atoms with E-state index in [1.165, 1.54) is 12.1 Å².